The summed E-state index contributed by atoms with van der Waals surface area (Å²) in [5.41, 5.74) is 0.967. The standard InChI is InChI=1S/C18H22BrN5O3S.C4H2BrNO2S/c1-18(2,3)27-17(26)24-8-6-23(7-9-24)13-4-5-20-10-12(13)21-15(25)16-22-14(19)11-28-16;5-2-1-9-3(6-2)4(7)8/h4-5,10-11H,6-9H2,1-3H3,(H,21,25);1H,(H,7,8). The number of aromatic carboxylic acids is 1. The number of carbonyl (C=O) groups is 3. The second kappa shape index (κ2) is 12.8. The SMILES string of the molecule is CC(C)(C)OC(=O)N1CCN(c2ccncc2NC(=O)c2nc(Br)cs2)CC1.O=C(O)c1nc(Br)cs1. The third kappa shape index (κ3) is 8.72. The van der Waals surface area contributed by atoms with E-state index in [0.29, 0.717) is 46.1 Å². The Bertz CT molecular complexity index is 1250. The van der Waals surface area contributed by atoms with Crippen molar-refractivity contribution < 1.29 is 24.2 Å². The lowest BCUT2D eigenvalue weighted by Crippen LogP contribution is -2.50. The fourth-order valence-electron chi connectivity index (χ4n) is 3.10. The molecular weight excluding hydrogens is 652 g/mol. The number of anilines is 2. The highest BCUT2D eigenvalue weighted by Crippen LogP contribution is 2.27. The molecule has 1 aliphatic heterocycles. The van der Waals surface area contributed by atoms with Gasteiger partial charge in [-0.3, -0.25) is 9.78 Å². The van der Waals surface area contributed by atoms with Crippen molar-refractivity contribution in [2.24, 2.45) is 0 Å². The zero-order valence-electron chi connectivity index (χ0n) is 20.1. The van der Waals surface area contributed by atoms with Crippen molar-refractivity contribution >= 4 is 83.9 Å². The van der Waals surface area contributed by atoms with Gasteiger partial charge in [0.15, 0.2) is 5.01 Å². The number of carboxylic acids is 1. The Kier molecular flexibility index (Phi) is 9.98. The fourth-order valence-corrected chi connectivity index (χ4v) is 5.34. The van der Waals surface area contributed by atoms with Gasteiger partial charge in [-0.2, -0.15) is 0 Å². The first-order valence-electron chi connectivity index (χ1n) is 10.9. The van der Waals surface area contributed by atoms with E-state index in [0.717, 1.165) is 17.0 Å². The van der Waals surface area contributed by atoms with Crippen LogP contribution in [0.4, 0.5) is 16.2 Å². The van der Waals surface area contributed by atoms with Crippen molar-refractivity contribution in [1.82, 2.24) is 19.9 Å². The molecule has 2 amide bonds. The molecule has 3 aromatic heterocycles. The highest BCUT2D eigenvalue weighted by molar-refractivity contribution is 9.10. The van der Waals surface area contributed by atoms with Crippen molar-refractivity contribution in [3.8, 4) is 0 Å². The van der Waals surface area contributed by atoms with E-state index in [1.54, 1.807) is 28.1 Å². The number of piperazine rings is 1. The number of nitrogens with zero attached hydrogens (tertiary/aromatic N) is 5. The predicted molar refractivity (Wildman–Crippen MR) is 149 cm³/mol. The number of amides is 2. The maximum Gasteiger partial charge on any atom is 0.410 e. The second-order valence-corrected chi connectivity index (χ2v) is 11.9. The van der Waals surface area contributed by atoms with Crippen LogP contribution in [0, 0.1) is 0 Å². The molecule has 15 heteroatoms. The Hall–Kier alpha value is -2.62. The van der Waals surface area contributed by atoms with Gasteiger partial charge in [-0.1, -0.05) is 0 Å². The van der Waals surface area contributed by atoms with Crippen molar-refractivity contribution in [2.75, 3.05) is 36.4 Å². The molecule has 4 rings (SSSR count). The number of carbonyl (C=O) groups excluding carboxylic acids is 2. The van der Waals surface area contributed by atoms with E-state index < -0.39 is 11.6 Å². The third-order valence-corrected chi connectivity index (χ3v) is 7.74. The summed E-state index contributed by atoms with van der Waals surface area (Å²) in [5, 5.41) is 15.1. The highest BCUT2D eigenvalue weighted by Gasteiger charge is 2.27. The molecule has 198 valence electrons. The monoisotopic (exact) mass is 674 g/mol. The van der Waals surface area contributed by atoms with E-state index in [-0.39, 0.29) is 17.0 Å². The van der Waals surface area contributed by atoms with E-state index in [1.807, 2.05) is 26.8 Å². The Morgan fingerprint density at radius 1 is 1.03 bits per heavy atom. The summed E-state index contributed by atoms with van der Waals surface area (Å²) < 4.78 is 6.64. The first kappa shape index (κ1) is 28.9. The molecule has 37 heavy (non-hydrogen) atoms. The van der Waals surface area contributed by atoms with Crippen molar-refractivity contribution in [1.29, 1.82) is 0 Å². The van der Waals surface area contributed by atoms with Crippen LogP contribution in [-0.4, -0.2) is 74.7 Å². The zero-order valence-corrected chi connectivity index (χ0v) is 24.9. The number of pyridine rings is 1. The summed E-state index contributed by atoms with van der Waals surface area (Å²) in [6.07, 6.45) is 3.01. The lowest BCUT2D eigenvalue weighted by molar-refractivity contribution is 0.0240. The van der Waals surface area contributed by atoms with Crippen LogP contribution in [-0.2, 0) is 4.74 Å². The lowest BCUT2D eigenvalue weighted by Gasteiger charge is -2.37. The van der Waals surface area contributed by atoms with Crippen LogP contribution in [0.3, 0.4) is 0 Å². The molecule has 0 saturated carbocycles. The first-order chi connectivity index (χ1) is 17.4. The van der Waals surface area contributed by atoms with Crippen LogP contribution < -0.4 is 10.2 Å². The van der Waals surface area contributed by atoms with Gasteiger partial charge in [0, 0.05) is 43.1 Å². The van der Waals surface area contributed by atoms with Gasteiger partial charge in [0.05, 0.1) is 17.6 Å². The molecular formula is C22H24Br2N6O5S2. The molecule has 1 saturated heterocycles. The smallest absolute Gasteiger partial charge is 0.410 e. The molecule has 0 atom stereocenters. The molecule has 0 aliphatic carbocycles. The molecule has 0 spiro atoms. The summed E-state index contributed by atoms with van der Waals surface area (Å²) >= 11 is 8.66. The Morgan fingerprint density at radius 2 is 1.62 bits per heavy atom. The van der Waals surface area contributed by atoms with E-state index in [9.17, 15) is 14.4 Å². The third-order valence-electron chi connectivity index (χ3n) is 4.65. The van der Waals surface area contributed by atoms with Gasteiger partial charge in [0.1, 0.15) is 14.8 Å². The number of thiazole rings is 2. The molecule has 0 radical (unpaired) electrons. The van der Waals surface area contributed by atoms with Crippen LogP contribution in [0.1, 0.15) is 40.4 Å². The highest BCUT2D eigenvalue weighted by atomic mass is 79.9. The van der Waals surface area contributed by atoms with Crippen LogP contribution in [0.15, 0.2) is 38.4 Å². The van der Waals surface area contributed by atoms with Crippen molar-refractivity contribution in [3.05, 3.63) is 48.4 Å². The maximum absolute atomic E-state index is 12.4. The minimum absolute atomic E-state index is 0.113. The number of rotatable bonds is 4. The van der Waals surface area contributed by atoms with Gasteiger partial charge in [-0.05, 0) is 58.7 Å². The van der Waals surface area contributed by atoms with Gasteiger partial charge in [0.2, 0.25) is 5.01 Å². The normalized spacial score (nSPS) is 13.4. The summed E-state index contributed by atoms with van der Waals surface area (Å²) in [6, 6.07) is 1.86. The number of hydrogen-bond acceptors (Lipinski definition) is 10. The Morgan fingerprint density at radius 3 is 2.11 bits per heavy atom. The average molecular weight is 676 g/mol. The number of hydrogen-bond donors (Lipinski definition) is 2. The molecule has 0 bridgehead atoms. The van der Waals surface area contributed by atoms with Crippen LogP contribution in [0.2, 0.25) is 0 Å². The topological polar surface area (TPSA) is 138 Å². The average Bonchev–Trinajstić information content (AvgIpc) is 3.47. The Labute approximate surface area is 238 Å². The van der Waals surface area contributed by atoms with Crippen molar-refractivity contribution in [3.63, 3.8) is 0 Å². The van der Waals surface area contributed by atoms with E-state index in [1.165, 1.54) is 11.3 Å². The van der Waals surface area contributed by atoms with E-state index >= 15 is 0 Å². The number of nitrogens with one attached hydrogen (secondary N) is 1. The van der Waals surface area contributed by atoms with Gasteiger partial charge in [-0.15, -0.1) is 22.7 Å². The van der Waals surface area contributed by atoms with Crippen LogP contribution in [0.5, 0.6) is 0 Å². The summed E-state index contributed by atoms with van der Waals surface area (Å²) in [6.45, 7) is 7.92. The second-order valence-electron chi connectivity index (χ2n) is 8.56. The van der Waals surface area contributed by atoms with Crippen LogP contribution in [0.25, 0.3) is 0 Å². The molecule has 1 fully saturated rings. The molecule has 2 N–H and O–H groups in total. The van der Waals surface area contributed by atoms with Gasteiger partial charge in [-0.25, -0.2) is 19.6 Å². The van der Waals surface area contributed by atoms with E-state index in [4.69, 9.17) is 9.84 Å². The van der Waals surface area contributed by atoms with Gasteiger partial charge >= 0.3 is 12.1 Å². The lowest BCUT2D eigenvalue weighted by atomic mass is 10.2. The first-order valence-corrected chi connectivity index (χ1v) is 14.2. The predicted octanol–water partition coefficient (Wildman–Crippen LogP) is 5.21. The van der Waals surface area contributed by atoms with Gasteiger partial charge < -0.3 is 25.0 Å². The molecule has 11 nitrogen and oxygen atoms in total. The van der Waals surface area contributed by atoms with E-state index in [2.05, 4.69) is 57.0 Å². The van der Waals surface area contributed by atoms with Gasteiger partial charge in [0.25, 0.3) is 5.91 Å². The Balaban J connectivity index is 0.000000356. The molecule has 4 heterocycles. The molecule has 0 unspecified atom stereocenters. The molecule has 3 aromatic rings. The largest absolute Gasteiger partial charge is 0.476 e. The number of ether oxygens (including phenoxy) is 1. The molecule has 0 aromatic carbocycles. The van der Waals surface area contributed by atoms with Crippen molar-refractivity contribution in [2.45, 2.75) is 26.4 Å². The van der Waals surface area contributed by atoms with Crippen LogP contribution >= 0.6 is 54.5 Å². The fraction of sp³-hybridized carbons (Fsp3) is 0.364. The minimum Gasteiger partial charge on any atom is -0.476 e. The molecule has 1 aliphatic rings. The summed E-state index contributed by atoms with van der Waals surface area (Å²) in [7, 11) is 0. The maximum atomic E-state index is 12.4. The summed E-state index contributed by atoms with van der Waals surface area (Å²) in [5.74, 6) is -1.26. The quantitative estimate of drug-likeness (QED) is 0.382. The zero-order chi connectivity index (χ0) is 27.2. The number of carboxylic acid groups (broad SMARTS) is 1. The number of aromatic nitrogens is 3. The minimum atomic E-state index is -0.981. The summed E-state index contributed by atoms with van der Waals surface area (Å²) in [4.78, 5) is 50.5. The number of halogens is 2.